The molecule has 0 saturated carbocycles. The van der Waals surface area contributed by atoms with Gasteiger partial charge in [-0.05, 0) is 31.1 Å². The summed E-state index contributed by atoms with van der Waals surface area (Å²) in [6.07, 6.45) is 2.21. The largest absolute Gasteiger partial charge is 0.354 e. The molecule has 32 heavy (non-hydrogen) atoms. The van der Waals surface area contributed by atoms with E-state index in [0.717, 1.165) is 6.07 Å². The lowest BCUT2D eigenvalue weighted by atomic mass is 9.99. The summed E-state index contributed by atoms with van der Waals surface area (Å²) in [4.78, 5) is 35.3. The van der Waals surface area contributed by atoms with E-state index in [0.29, 0.717) is 30.6 Å². The average molecular weight is 443 g/mol. The zero-order chi connectivity index (χ0) is 23.0. The van der Waals surface area contributed by atoms with Crippen LogP contribution in [0.5, 0.6) is 0 Å². The summed E-state index contributed by atoms with van der Waals surface area (Å²) in [5, 5.41) is 2.39. The Hall–Kier alpha value is -3.53. The number of nitrogens with one attached hydrogen (secondary N) is 2. The predicted octanol–water partition coefficient (Wildman–Crippen LogP) is 2.69. The van der Waals surface area contributed by atoms with E-state index < -0.39 is 29.0 Å². The second-order valence-electron chi connectivity index (χ2n) is 7.52. The minimum absolute atomic E-state index is 0.0169. The quantitative estimate of drug-likeness (QED) is 0.605. The first-order valence-corrected chi connectivity index (χ1v) is 9.96. The molecule has 1 aliphatic rings. The molecular weight excluding hydrogens is 423 g/mol. The van der Waals surface area contributed by atoms with Gasteiger partial charge in [-0.2, -0.15) is 4.39 Å². The molecule has 0 aliphatic carbocycles. The average Bonchev–Trinajstić information content (AvgIpc) is 2.78. The minimum Gasteiger partial charge on any atom is -0.354 e. The van der Waals surface area contributed by atoms with Crippen LogP contribution in [0.2, 0.25) is 0 Å². The van der Waals surface area contributed by atoms with Crippen molar-refractivity contribution in [1.29, 1.82) is 0 Å². The number of amides is 1. The Morgan fingerprint density at radius 3 is 2.69 bits per heavy atom. The highest BCUT2D eigenvalue weighted by Crippen LogP contribution is 2.27. The normalized spacial score (nSPS) is 14.5. The van der Waals surface area contributed by atoms with E-state index >= 15 is 0 Å². The zero-order valence-electron chi connectivity index (χ0n) is 17.4. The summed E-state index contributed by atoms with van der Waals surface area (Å²) in [5.41, 5.74) is 0.326. The topological polar surface area (TPSA) is 91.0 Å². The fraction of sp³-hybridized carbons (Fsp3) is 0.273. The highest BCUT2D eigenvalue weighted by Gasteiger charge is 2.22. The number of aromatic amines is 1. The number of carbonyl (C=O) groups is 1. The number of hydrogen-bond donors (Lipinski definition) is 2. The molecule has 1 amide bonds. The molecule has 1 aromatic carbocycles. The van der Waals surface area contributed by atoms with Crippen LogP contribution in [-0.2, 0) is 6.54 Å². The molecule has 0 atom stereocenters. The number of hydrogen-bond acceptors (Lipinski definition) is 5. The van der Waals surface area contributed by atoms with Gasteiger partial charge in [0.2, 0.25) is 5.95 Å². The summed E-state index contributed by atoms with van der Waals surface area (Å²) in [6.45, 7) is 2.21. The molecule has 0 fully saturated rings. The maximum atomic E-state index is 14.9. The van der Waals surface area contributed by atoms with Gasteiger partial charge in [0, 0.05) is 43.9 Å². The molecule has 0 unspecified atom stereocenters. The van der Waals surface area contributed by atoms with Crippen molar-refractivity contribution in [2.45, 2.75) is 19.9 Å². The van der Waals surface area contributed by atoms with Crippen molar-refractivity contribution in [1.82, 2.24) is 25.2 Å². The van der Waals surface area contributed by atoms with Gasteiger partial charge in [0.25, 0.3) is 11.5 Å². The molecule has 10 heteroatoms. The van der Waals surface area contributed by atoms with Gasteiger partial charge in [0.05, 0.1) is 5.52 Å². The second-order valence-corrected chi connectivity index (χ2v) is 7.52. The molecule has 166 valence electrons. The summed E-state index contributed by atoms with van der Waals surface area (Å²) in [5.74, 6) is -2.82. The van der Waals surface area contributed by atoms with E-state index in [4.69, 9.17) is 0 Å². The third-order valence-corrected chi connectivity index (χ3v) is 5.48. The Morgan fingerprint density at radius 1 is 1.25 bits per heavy atom. The molecule has 0 spiro atoms. The molecule has 0 radical (unpaired) electrons. The molecule has 0 bridgehead atoms. The fourth-order valence-corrected chi connectivity index (χ4v) is 3.69. The Bertz CT molecular complexity index is 1320. The minimum atomic E-state index is -0.848. The Morgan fingerprint density at radius 2 is 2.03 bits per heavy atom. The summed E-state index contributed by atoms with van der Waals surface area (Å²) in [7, 11) is 1.43. The monoisotopic (exact) mass is 443 g/mol. The van der Waals surface area contributed by atoms with Gasteiger partial charge in [0.15, 0.2) is 5.82 Å². The van der Waals surface area contributed by atoms with Crippen LogP contribution in [0.15, 0.2) is 29.1 Å². The van der Waals surface area contributed by atoms with Crippen molar-refractivity contribution in [3.8, 4) is 0 Å². The van der Waals surface area contributed by atoms with Gasteiger partial charge in [-0.1, -0.05) is 6.08 Å². The van der Waals surface area contributed by atoms with Crippen LogP contribution in [0.4, 0.5) is 13.2 Å². The number of aryl methyl sites for hydroxylation is 1. The van der Waals surface area contributed by atoms with Crippen LogP contribution < -0.4 is 10.9 Å². The number of aromatic nitrogens is 3. The highest BCUT2D eigenvalue weighted by atomic mass is 19.1. The summed E-state index contributed by atoms with van der Waals surface area (Å²) < 4.78 is 43.9. The van der Waals surface area contributed by atoms with Crippen LogP contribution in [0.1, 0.15) is 33.7 Å². The van der Waals surface area contributed by atoms with Crippen LogP contribution in [0, 0.1) is 24.5 Å². The Labute approximate surface area is 181 Å². The van der Waals surface area contributed by atoms with Crippen molar-refractivity contribution in [3.63, 3.8) is 0 Å². The van der Waals surface area contributed by atoms with Gasteiger partial charge in [-0.25, -0.2) is 18.7 Å². The number of benzene rings is 1. The van der Waals surface area contributed by atoms with Crippen LogP contribution in [0.3, 0.4) is 0 Å². The zero-order valence-corrected chi connectivity index (χ0v) is 17.4. The van der Waals surface area contributed by atoms with E-state index in [2.05, 4.69) is 20.3 Å². The lowest BCUT2D eigenvalue weighted by molar-refractivity contribution is 0.0957. The number of fused-ring (bicyclic) bond motifs is 1. The van der Waals surface area contributed by atoms with Crippen LogP contribution in [0.25, 0.3) is 16.6 Å². The van der Waals surface area contributed by atoms with Gasteiger partial charge < -0.3 is 10.3 Å². The first-order chi connectivity index (χ1) is 15.3. The van der Waals surface area contributed by atoms with Gasteiger partial charge >= 0.3 is 0 Å². The number of nitrogens with zero attached hydrogens (tertiary/aromatic N) is 3. The molecule has 3 aromatic rings. The molecule has 1 aliphatic heterocycles. The number of carbonyl (C=O) groups excluding carboxylic acids is 1. The molecule has 3 heterocycles. The van der Waals surface area contributed by atoms with Crippen molar-refractivity contribution in [2.75, 3.05) is 20.1 Å². The molecule has 2 N–H and O–H groups in total. The van der Waals surface area contributed by atoms with E-state index in [1.54, 1.807) is 11.0 Å². The van der Waals surface area contributed by atoms with E-state index in [-0.39, 0.29) is 34.5 Å². The Kier molecular flexibility index (Phi) is 5.79. The van der Waals surface area contributed by atoms with Crippen molar-refractivity contribution in [3.05, 3.63) is 74.7 Å². The highest BCUT2D eigenvalue weighted by molar-refractivity contribution is 5.92. The van der Waals surface area contributed by atoms with Gasteiger partial charge in [-0.15, -0.1) is 0 Å². The standard InChI is InChI=1S/C22H20F3N5O2/c1-11-21(31)29-19-17(27-11)9-15(23)14(18(19)24)10-30-7-5-12(6-8-30)13-3-4-16(22(32)26-2)28-20(13)25/h3-5,9H,6-8,10H2,1-2H3,(H,26,32)(H,29,31). The third kappa shape index (κ3) is 4.01. The number of H-pyrrole nitrogens is 1. The summed E-state index contributed by atoms with van der Waals surface area (Å²) in [6, 6.07) is 4.06. The molecule has 0 saturated heterocycles. The molecule has 2 aromatic heterocycles. The fourth-order valence-electron chi connectivity index (χ4n) is 3.69. The Balaban J connectivity index is 1.55. The van der Waals surface area contributed by atoms with Crippen LogP contribution in [-0.4, -0.2) is 45.9 Å². The van der Waals surface area contributed by atoms with Gasteiger partial charge in [-0.3, -0.25) is 14.5 Å². The maximum Gasteiger partial charge on any atom is 0.269 e. The number of pyridine rings is 1. The SMILES string of the molecule is CNC(=O)c1ccc(C2=CCN(Cc3c(F)cc4nc(C)c(=O)[nH]c4c3F)CC2)c(F)n1. The molecule has 7 nitrogen and oxygen atoms in total. The lowest BCUT2D eigenvalue weighted by Crippen LogP contribution is -2.29. The van der Waals surface area contributed by atoms with Crippen LogP contribution >= 0.6 is 0 Å². The van der Waals surface area contributed by atoms with Gasteiger partial charge in [0.1, 0.15) is 22.7 Å². The maximum absolute atomic E-state index is 14.9. The predicted molar refractivity (Wildman–Crippen MR) is 112 cm³/mol. The van der Waals surface area contributed by atoms with Crippen molar-refractivity contribution in [2.24, 2.45) is 0 Å². The smallest absolute Gasteiger partial charge is 0.269 e. The lowest BCUT2D eigenvalue weighted by Gasteiger charge is -2.27. The van der Waals surface area contributed by atoms with E-state index in [1.807, 2.05) is 0 Å². The van der Waals surface area contributed by atoms with Crippen molar-refractivity contribution < 1.29 is 18.0 Å². The number of halogens is 3. The van der Waals surface area contributed by atoms with Crippen molar-refractivity contribution >= 4 is 22.5 Å². The molecular formula is C22H20F3N5O2. The third-order valence-electron chi connectivity index (χ3n) is 5.48. The number of rotatable bonds is 4. The van der Waals surface area contributed by atoms with E-state index in [9.17, 15) is 22.8 Å². The first-order valence-electron chi connectivity index (χ1n) is 9.96. The summed E-state index contributed by atoms with van der Waals surface area (Å²) >= 11 is 0. The first kappa shape index (κ1) is 21.7. The second kappa shape index (κ2) is 8.54. The van der Waals surface area contributed by atoms with E-state index in [1.165, 1.54) is 26.1 Å². The molecule has 4 rings (SSSR count).